The molecule has 2 aliphatic rings. The quantitative estimate of drug-likeness (QED) is 0.497. The summed E-state index contributed by atoms with van der Waals surface area (Å²) >= 11 is 0. The second-order valence-electron chi connectivity index (χ2n) is 3.17. The molecule has 0 saturated heterocycles. The minimum absolute atomic E-state index is 0.114. The van der Waals surface area contributed by atoms with Gasteiger partial charge in [-0.05, 0) is 18.2 Å². The molecule has 0 fully saturated rings. The zero-order valence-electron chi connectivity index (χ0n) is 8.58. The van der Waals surface area contributed by atoms with E-state index in [0.717, 1.165) is 0 Å². The molecule has 0 spiro atoms. The molecule has 0 radical (unpaired) electrons. The van der Waals surface area contributed by atoms with Crippen molar-refractivity contribution in [3.8, 4) is 0 Å². The van der Waals surface area contributed by atoms with Crippen molar-refractivity contribution >= 4 is 12.1 Å². The number of carbonyl (C=O) groups is 1. The van der Waals surface area contributed by atoms with Gasteiger partial charge in [-0.3, -0.25) is 10.1 Å². The summed E-state index contributed by atoms with van der Waals surface area (Å²) in [4.78, 5) is 24.5. The maximum atomic E-state index is 11.2. The van der Waals surface area contributed by atoms with E-state index in [9.17, 15) is 14.9 Å². The van der Waals surface area contributed by atoms with Gasteiger partial charge < -0.3 is 10.6 Å². The summed E-state index contributed by atoms with van der Waals surface area (Å²) in [6.07, 6.45) is 9.59. The van der Waals surface area contributed by atoms with Crippen molar-refractivity contribution in [2.45, 2.75) is 0 Å². The molecule has 2 heterocycles. The van der Waals surface area contributed by atoms with Crippen molar-refractivity contribution in [1.29, 1.82) is 0 Å². The number of hydrogen-bond donors (Lipinski definition) is 2. The average molecular weight is 232 g/mol. The molecule has 0 aliphatic carbocycles. The highest BCUT2D eigenvalue weighted by atomic mass is 16.6. The SMILES string of the molecule is O=C(C1=CC=NC(=C2C=CC=CN2)N1)[N+](=O)[O-]. The maximum absolute atomic E-state index is 11.2. The number of allylic oxidation sites excluding steroid dienone is 4. The van der Waals surface area contributed by atoms with Gasteiger partial charge in [-0.25, -0.2) is 9.79 Å². The first-order valence-electron chi connectivity index (χ1n) is 4.72. The zero-order chi connectivity index (χ0) is 12.3. The molecule has 7 heteroatoms. The van der Waals surface area contributed by atoms with Gasteiger partial charge in [0.05, 0.1) is 5.70 Å². The van der Waals surface area contributed by atoms with Crippen LogP contribution in [0, 0.1) is 10.1 Å². The van der Waals surface area contributed by atoms with Crippen LogP contribution in [0.4, 0.5) is 0 Å². The molecule has 0 atom stereocenters. The first-order chi connectivity index (χ1) is 8.18. The Bertz CT molecular complexity index is 526. The van der Waals surface area contributed by atoms with Crippen molar-refractivity contribution in [1.82, 2.24) is 10.6 Å². The maximum Gasteiger partial charge on any atom is 0.492 e. The fraction of sp³-hybridized carbons (Fsp3) is 0. The number of nitro groups is 1. The summed E-state index contributed by atoms with van der Waals surface area (Å²) < 4.78 is 0. The number of aliphatic imine (C=N–C) groups is 1. The lowest BCUT2D eigenvalue weighted by Crippen LogP contribution is -2.29. The predicted octanol–water partition coefficient (Wildman–Crippen LogP) is 0.190. The minimum atomic E-state index is -1.19. The lowest BCUT2D eigenvalue weighted by atomic mass is 10.2. The lowest BCUT2D eigenvalue weighted by molar-refractivity contribution is -0.397. The monoisotopic (exact) mass is 232 g/mol. The molecule has 0 bridgehead atoms. The number of nitrogens with one attached hydrogen (secondary N) is 2. The summed E-state index contributed by atoms with van der Waals surface area (Å²) in [6.45, 7) is 0. The van der Waals surface area contributed by atoms with Gasteiger partial charge in [-0.15, -0.1) is 0 Å². The Morgan fingerprint density at radius 3 is 2.88 bits per heavy atom. The Kier molecular flexibility index (Phi) is 2.82. The van der Waals surface area contributed by atoms with Crippen molar-refractivity contribution < 1.29 is 9.72 Å². The molecule has 1 amide bonds. The molecular weight excluding hydrogens is 224 g/mol. The van der Waals surface area contributed by atoms with E-state index in [1.165, 1.54) is 12.3 Å². The van der Waals surface area contributed by atoms with Crippen LogP contribution in [0.5, 0.6) is 0 Å². The van der Waals surface area contributed by atoms with Crippen LogP contribution in [0.2, 0.25) is 0 Å². The molecule has 2 rings (SSSR count). The Hall–Kier alpha value is -2.70. The largest absolute Gasteiger partial charge is 0.492 e. The van der Waals surface area contributed by atoms with Crippen LogP contribution in [-0.2, 0) is 4.79 Å². The molecule has 0 aromatic carbocycles. The highest BCUT2D eigenvalue weighted by Crippen LogP contribution is 2.10. The van der Waals surface area contributed by atoms with Gasteiger partial charge in [0.15, 0.2) is 11.5 Å². The van der Waals surface area contributed by atoms with Gasteiger partial charge in [0.25, 0.3) is 0 Å². The molecule has 2 N–H and O–H groups in total. The van der Waals surface area contributed by atoms with Gasteiger partial charge in [0.2, 0.25) is 0 Å². The topological polar surface area (TPSA) is 96.6 Å². The predicted molar refractivity (Wildman–Crippen MR) is 60.2 cm³/mol. The van der Waals surface area contributed by atoms with Crippen LogP contribution in [-0.4, -0.2) is 17.0 Å². The molecule has 7 nitrogen and oxygen atoms in total. The molecule has 86 valence electrons. The van der Waals surface area contributed by atoms with Crippen LogP contribution in [0.25, 0.3) is 0 Å². The van der Waals surface area contributed by atoms with Crippen LogP contribution in [0.3, 0.4) is 0 Å². The zero-order valence-corrected chi connectivity index (χ0v) is 8.58. The number of rotatable bonds is 1. The first kappa shape index (κ1) is 10.8. The van der Waals surface area contributed by atoms with Gasteiger partial charge in [0.1, 0.15) is 4.92 Å². The second-order valence-corrected chi connectivity index (χ2v) is 3.17. The molecule has 0 aromatic heterocycles. The third-order valence-corrected chi connectivity index (χ3v) is 2.06. The van der Waals surface area contributed by atoms with Gasteiger partial charge in [-0.1, -0.05) is 6.08 Å². The smallest absolute Gasteiger partial charge is 0.359 e. The van der Waals surface area contributed by atoms with E-state index in [1.54, 1.807) is 24.4 Å². The van der Waals surface area contributed by atoms with Gasteiger partial charge >= 0.3 is 5.91 Å². The summed E-state index contributed by atoms with van der Waals surface area (Å²) in [5.41, 5.74) is 0.516. The van der Waals surface area contributed by atoms with Crippen LogP contribution < -0.4 is 10.6 Å². The Balaban J connectivity index is 2.23. The normalized spacial score (nSPS) is 21.5. The van der Waals surface area contributed by atoms with E-state index in [1.807, 2.05) is 0 Å². The van der Waals surface area contributed by atoms with E-state index in [-0.39, 0.29) is 5.70 Å². The average Bonchev–Trinajstić information content (AvgIpc) is 2.39. The number of carbonyl (C=O) groups excluding carboxylic acids is 1. The van der Waals surface area contributed by atoms with E-state index in [4.69, 9.17) is 0 Å². The summed E-state index contributed by atoms with van der Waals surface area (Å²) in [5, 5.41) is 15.9. The van der Waals surface area contributed by atoms with Crippen molar-refractivity contribution in [2.24, 2.45) is 4.99 Å². The van der Waals surface area contributed by atoms with Gasteiger partial charge in [-0.2, -0.15) is 0 Å². The summed E-state index contributed by atoms with van der Waals surface area (Å²) in [7, 11) is 0. The Labute approximate surface area is 96.1 Å². The first-order valence-corrected chi connectivity index (χ1v) is 4.72. The van der Waals surface area contributed by atoms with Crippen LogP contribution in [0.1, 0.15) is 0 Å². The molecule has 2 aliphatic heterocycles. The molecule has 0 unspecified atom stereocenters. The van der Waals surface area contributed by atoms with Crippen LogP contribution in [0.15, 0.2) is 52.7 Å². The third kappa shape index (κ3) is 2.28. The molecule has 17 heavy (non-hydrogen) atoms. The van der Waals surface area contributed by atoms with Crippen LogP contribution >= 0.6 is 0 Å². The Morgan fingerprint density at radius 1 is 1.41 bits per heavy atom. The fourth-order valence-electron chi connectivity index (χ4n) is 1.29. The Morgan fingerprint density at radius 2 is 2.24 bits per heavy atom. The van der Waals surface area contributed by atoms with E-state index in [2.05, 4.69) is 15.6 Å². The number of nitrogens with zero attached hydrogens (tertiary/aromatic N) is 2. The minimum Gasteiger partial charge on any atom is -0.359 e. The van der Waals surface area contributed by atoms with Crippen molar-refractivity contribution in [3.63, 3.8) is 0 Å². The molecular formula is C10H8N4O3. The van der Waals surface area contributed by atoms with Crippen molar-refractivity contribution in [3.05, 3.63) is 57.8 Å². The third-order valence-electron chi connectivity index (χ3n) is 2.06. The van der Waals surface area contributed by atoms with Crippen molar-refractivity contribution in [2.75, 3.05) is 0 Å². The van der Waals surface area contributed by atoms with E-state index in [0.29, 0.717) is 11.5 Å². The lowest BCUT2D eigenvalue weighted by Gasteiger charge is -2.14. The number of dihydropyridines is 1. The van der Waals surface area contributed by atoms with E-state index >= 15 is 0 Å². The molecule has 0 saturated carbocycles. The number of hydrogen-bond acceptors (Lipinski definition) is 6. The van der Waals surface area contributed by atoms with Gasteiger partial charge in [0, 0.05) is 12.4 Å². The standard InChI is InChI=1S/C10H8N4O3/c15-10(14(16)17)8-4-6-12-9(13-8)7-3-1-2-5-11-7/h1-6,11,13H. The van der Waals surface area contributed by atoms with E-state index < -0.39 is 10.8 Å². The fourth-order valence-corrected chi connectivity index (χ4v) is 1.29. The highest BCUT2D eigenvalue weighted by Gasteiger charge is 2.24. The molecule has 0 aromatic rings. The second kappa shape index (κ2) is 4.44. The summed E-state index contributed by atoms with van der Waals surface area (Å²) in [5.74, 6) is -0.831. The highest BCUT2D eigenvalue weighted by molar-refractivity contribution is 5.93. The summed E-state index contributed by atoms with van der Waals surface area (Å²) in [6, 6.07) is 0. The number of amides is 1.